The third kappa shape index (κ3) is 3.51. The van der Waals surface area contributed by atoms with E-state index < -0.39 is 49.7 Å². The van der Waals surface area contributed by atoms with E-state index in [0.717, 1.165) is 31.2 Å². The van der Waals surface area contributed by atoms with E-state index in [1.165, 1.54) is 17.7 Å². The number of benzene rings is 1. The lowest BCUT2D eigenvalue weighted by Crippen LogP contribution is -2.64. The number of nitriles is 1. The van der Waals surface area contributed by atoms with Crippen molar-refractivity contribution in [1.82, 2.24) is 10.0 Å². The molecule has 0 radical (unpaired) electrons. The van der Waals surface area contributed by atoms with Crippen LogP contribution in [0.25, 0.3) is 0 Å². The first kappa shape index (κ1) is 20.4. The molecule has 27 heavy (non-hydrogen) atoms. The van der Waals surface area contributed by atoms with Crippen molar-refractivity contribution in [2.75, 3.05) is 5.32 Å². The van der Waals surface area contributed by atoms with Gasteiger partial charge < -0.3 is 10.6 Å². The molecule has 144 valence electrons. The van der Waals surface area contributed by atoms with Gasteiger partial charge in [0, 0.05) is 18.3 Å². The second kappa shape index (κ2) is 6.67. The van der Waals surface area contributed by atoms with Crippen LogP contribution in [0.5, 0.6) is 0 Å². The normalized spacial score (nSPS) is 20.2. The number of rotatable bonds is 4. The highest BCUT2D eigenvalue weighted by molar-refractivity contribution is 7.89. The highest BCUT2D eigenvalue weighted by Gasteiger charge is 2.68. The Morgan fingerprint density at radius 1 is 1.26 bits per heavy atom. The molecule has 0 fully saturated rings. The van der Waals surface area contributed by atoms with Crippen LogP contribution in [0.3, 0.4) is 0 Å². The number of anilines is 1. The summed E-state index contributed by atoms with van der Waals surface area (Å²) in [6.45, 7) is 2.27. The number of carbonyl (C=O) groups is 2. The van der Waals surface area contributed by atoms with Crippen molar-refractivity contribution in [3.8, 4) is 6.07 Å². The van der Waals surface area contributed by atoms with Gasteiger partial charge in [0.2, 0.25) is 21.5 Å². The highest BCUT2D eigenvalue weighted by atomic mass is 32.2. The molecule has 1 aromatic rings. The number of nitrogens with zero attached hydrogens (tertiary/aromatic N) is 1. The van der Waals surface area contributed by atoms with E-state index >= 15 is 0 Å². The summed E-state index contributed by atoms with van der Waals surface area (Å²) < 4.78 is 67.4. The van der Waals surface area contributed by atoms with Gasteiger partial charge in [0.1, 0.15) is 0 Å². The number of allylic oxidation sites excluding steroid dienone is 1. The third-order valence-corrected chi connectivity index (χ3v) is 5.17. The predicted molar refractivity (Wildman–Crippen MR) is 86.3 cm³/mol. The standard InChI is InChI=1S/C15H13F3N4O4S/c1-8-12(7-19)14(13(24)20-8,15(16,17)18)22-27(25,26)11-5-3-10(4-6-11)21-9(2)23/h3-6,22H,1-2H3,(H,20,24)(H,21,23)/t14-/m0/s1. The SMILES string of the molecule is CC(=O)Nc1ccc(S(=O)(=O)N[C@]2(C(F)(F)F)C(=O)NC(C)=C2C#N)cc1. The lowest BCUT2D eigenvalue weighted by atomic mass is 9.92. The largest absolute Gasteiger partial charge is 0.421 e. The molecule has 3 N–H and O–H groups in total. The summed E-state index contributed by atoms with van der Waals surface area (Å²) in [4.78, 5) is 22.4. The molecule has 1 heterocycles. The second-order valence-corrected chi connectivity index (χ2v) is 7.31. The van der Waals surface area contributed by atoms with Gasteiger partial charge >= 0.3 is 6.18 Å². The molecule has 1 aliphatic heterocycles. The van der Waals surface area contributed by atoms with Gasteiger partial charge in [0.15, 0.2) is 0 Å². The van der Waals surface area contributed by atoms with E-state index in [1.807, 2.05) is 5.32 Å². The van der Waals surface area contributed by atoms with Crippen molar-refractivity contribution in [1.29, 1.82) is 5.26 Å². The van der Waals surface area contributed by atoms with Gasteiger partial charge in [-0.25, -0.2) is 8.42 Å². The fraction of sp³-hybridized carbons (Fsp3) is 0.267. The highest BCUT2D eigenvalue weighted by Crippen LogP contribution is 2.41. The zero-order valence-electron chi connectivity index (χ0n) is 13.9. The summed E-state index contributed by atoms with van der Waals surface area (Å²) >= 11 is 0. The molecular weight excluding hydrogens is 389 g/mol. The van der Waals surface area contributed by atoms with E-state index in [1.54, 1.807) is 0 Å². The number of amides is 2. The van der Waals surface area contributed by atoms with Crippen molar-refractivity contribution in [2.45, 2.75) is 30.5 Å². The van der Waals surface area contributed by atoms with Gasteiger partial charge in [-0.1, -0.05) is 0 Å². The molecule has 2 amide bonds. The van der Waals surface area contributed by atoms with Crippen LogP contribution in [-0.2, 0) is 19.6 Å². The lowest BCUT2D eigenvalue weighted by molar-refractivity contribution is -0.183. The smallest absolute Gasteiger partial charge is 0.327 e. The van der Waals surface area contributed by atoms with Gasteiger partial charge in [-0.2, -0.15) is 23.2 Å². The predicted octanol–water partition coefficient (Wildman–Crippen LogP) is 1.15. The molecule has 1 atom stereocenters. The first-order chi connectivity index (χ1) is 12.3. The van der Waals surface area contributed by atoms with Crippen molar-refractivity contribution >= 4 is 27.5 Å². The monoisotopic (exact) mass is 402 g/mol. The number of carbonyl (C=O) groups excluding carboxylic acids is 2. The fourth-order valence-electron chi connectivity index (χ4n) is 2.50. The van der Waals surface area contributed by atoms with Crippen molar-refractivity contribution < 1.29 is 31.2 Å². The average Bonchev–Trinajstić information content (AvgIpc) is 2.77. The first-order valence-electron chi connectivity index (χ1n) is 7.26. The van der Waals surface area contributed by atoms with Gasteiger partial charge in [0.25, 0.3) is 5.91 Å². The zero-order chi connectivity index (χ0) is 20.6. The summed E-state index contributed by atoms with van der Waals surface area (Å²) in [5, 5.41) is 13.3. The van der Waals surface area contributed by atoms with E-state index in [4.69, 9.17) is 5.26 Å². The number of hydrogen-bond donors (Lipinski definition) is 3. The van der Waals surface area contributed by atoms with Crippen molar-refractivity contribution in [2.24, 2.45) is 0 Å². The topological polar surface area (TPSA) is 128 Å². The maximum Gasteiger partial charge on any atom is 0.421 e. The van der Waals surface area contributed by atoms with Gasteiger partial charge in [0.05, 0.1) is 16.5 Å². The Morgan fingerprint density at radius 3 is 2.26 bits per heavy atom. The summed E-state index contributed by atoms with van der Waals surface area (Å²) in [5.41, 5.74) is -5.00. The Labute approximate surface area is 152 Å². The number of hydrogen-bond acceptors (Lipinski definition) is 5. The number of halogens is 3. The molecule has 1 aromatic carbocycles. The molecule has 0 saturated heterocycles. The molecule has 2 rings (SSSR count). The lowest BCUT2D eigenvalue weighted by Gasteiger charge is -2.30. The molecule has 0 unspecified atom stereocenters. The van der Waals surface area contributed by atoms with Gasteiger partial charge in [-0.3, -0.25) is 9.59 Å². The second-order valence-electron chi connectivity index (χ2n) is 5.62. The molecular formula is C15H13F3N4O4S. The summed E-state index contributed by atoms with van der Waals surface area (Å²) in [7, 11) is -4.86. The number of nitrogens with one attached hydrogen (secondary N) is 3. The summed E-state index contributed by atoms with van der Waals surface area (Å²) in [6.07, 6.45) is -5.41. The number of alkyl halides is 3. The molecule has 1 aliphatic rings. The Balaban J connectivity index is 2.52. The van der Waals surface area contributed by atoms with E-state index in [2.05, 4.69) is 5.32 Å². The minimum Gasteiger partial charge on any atom is -0.327 e. The van der Waals surface area contributed by atoms with E-state index in [9.17, 15) is 31.2 Å². The van der Waals surface area contributed by atoms with Crippen LogP contribution in [0.2, 0.25) is 0 Å². The molecule has 0 saturated carbocycles. The van der Waals surface area contributed by atoms with Gasteiger partial charge in [-0.15, -0.1) is 0 Å². The summed E-state index contributed by atoms with van der Waals surface area (Å²) in [6, 6.07) is 5.48. The zero-order valence-corrected chi connectivity index (χ0v) is 14.7. The van der Waals surface area contributed by atoms with Crippen LogP contribution < -0.4 is 15.4 Å². The Bertz CT molecular complexity index is 978. The quantitative estimate of drug-likeness (QED) is 0.696. The van der Waals surface area contributed by atoms with Crippen molar-refractivity contribution in [3.63, 3.8) is 0 Å². The Hall–Kier alpha value is -2.91. The van der Waals surface area contributed by atoms with Crippen LogP contribution in [0.4, 0.5) is 18.9 Å². The molecule has 0 spiro atoms. The molecule has 0 bridgehead atoms. The molecule has 0 aliphatic carbocycles. The van der Waals surface area contributed by atoms with Crippen LogP contribution in [-0.4, -0.2) is 31.9 Å². The third-order valence-electron chi connectivity index (χ3n) is 3.70. The molecule has 12 heteroatoms. The van der Waals surface area contributed by atoms with E-state index in [-0.39, 0.29) is 5.69 Å². The van der Waals surface area contributed by atoms with E-state index in [0.29, 0.717) is 0 Å². The van der Waals surface area contributed by atoms with Crippen LogP contribution in [0, 0.1) is 11.3 Å². The molecule has 8 nitrogen and oxygen atoms in total. The maximum absolute atomic E-state index is 13.7. The Kier molecular flexibility index (Phi) is 5.04. The fourth-order valence-corrected chi connectivity index (χ4v) is 3.82. The molecule has 0 aromatic heterocycles. The summed E-state index contributed by atoms with van der Waals surface area (Å²) in [5.74, 6) is -2.15. The Morgan fingerprint density at radius 2 is 1.81 bits per heavy atom. The number of sulfonamides is 1. The first-order valence-corrected chi connectivity index (χ1v) is 8.74. The average molecular weight is 402 g/mol. The van der Waals surface area contributed by atoms with Crippen LogP contribution >= 0.6 is 0 Å². The maximum atomic E-state index is 13.7. The van der Waals surface area contributed by atoms with Crippen LogP contribution in [0.15, 0.2) is 40.4 Å². The van der Waals surface area contributed by atoms with Crippen LogP contribution in [0.1, 0.15) is 13.8 Å². The minimum atomic E-state index is -5.41. The van der Waals surface area contributed by atoms with Crippen molar-refractivity contribution in [3.05, 3.63) is 35.5 Å². The minimum absolute atomic E-state index is 0.221. The van der Waals surface area contributed by atoms with Gasteiger partial charge in [-0.05, 0) is 31.2 Å².